The van der Waals surface area contributed by atoms with Gasteiger partial charge in [0.2, 0.25) is 0 Å². The molecule has 4 aromatic rings. The van der Waals surface area contributed by atoms with Crippen LogP contribution in [0.1, 0.15) is 5.82 Å². The lowest BCUT2D eigenvalue weighted by Crippen LogP contribution is -1.94. The molecule has 0 aliphatic carbocycles. The van der Waals surface area contributed by atoms with Gasteiger partial charge in [-0.1, -0.05) is 12.1 Å². The van der Waals surface area contributed by atoms with Crippen molar-refractivity contribution in [2.75, 3.05) is 0 Å². The number of aromatic nitrogens is 6. The third-order valence-electron chi connectivity index (χ3n) is 3.27. The molecule has 21 heavy (non-hydrogen) atoms. The Morgan fingerprint density at radius 3 is 2.67 bits per heavy atom. The molecule has 6 nitrogen and oxygen atoms in total. The fourth-order valence-corrected chi connectivity index (χ4v) is 2.26. The van der Waals surface area contributed by atoms with Crippen molar-refractivity contribution in [2.45, 2.75) is 6.92 Å². The molecule has 0 saturated heterocycles. The SMILES string of the molecule is Cc1nc2ncc(-c3ccc(-n4cccn4)cc3)cn2n1. The summed E-state index contributed by atoms with van der Waals surface area (Å²) < 4.78 is 3.53. The third kappa shape index (κ3) is 2.06. The number of aryl methyl sites for hydroxylation is 1. The first-order valence-electron chi connectivity index (χ1n) is 6.59. The molecule has 102 valence electrons. The summed E-state index contributed by atoms with van der Waals surface area (Å²) in [6.07, 6.45) is 7.43. The lowest BCUT2D eigenvalue weighted by Gasteiger charge is -2.04. The van der Waals surface area contributed by atoms with E-state index in [1.165, 1.54) is 0 Å². The average molecular weight is 276 g/mol. The first-order chi connectivity index (χ1) is 10.3. The predicted octanol–water partition coefficient (Wildman–Crippen LogP) is 2.29. The molecule has 0 spiro atoms. The summed E-state index contributed by atoms with van der Waals surface area (Å²) in [5.41, 5.74) is 3.10. The van der Waals surface area contributed by atoms with Crippen molar-refractivity contribution in [1.82, 2.24) is 29.4 Å². The van der Waals surface area contributed by atoms with Crippen molar-refractivity contribution in [3.8, 4) is 16.8 Å². The van der Waals surface area contributed by atoms with E-state index in [-0.39, 0.29) is 0 Å². The summed E-state index contributed by atoms with van der Waals surface area (Å²) in [7, 11) is 0. The maximum Gasteiger partial charge on any atom is 0.252 e. The van der Waals surface area contributed by atoms with Gasteiger partial charge in [-0.25, -0.2) is 14.2 Å². The highest BCUT2D eigenvalue weighted by atomic mass is 15.3. The molecule has 0 atom stereocenters. The van der Waals surface area contributed by atoms with Crippen molar-refractivity contribution in [3.05, 3.63) is 60.9 Å². The minimum Gasteiger partial charge on any atom is -0.241 e. The molecule has 4 rings (SSSR count). The van der Waals surface area contributed by atoms with Gasteiger partial charge in [-0.2, -0.15) is 15.2 Å². The Labute approximate surface area is 120 Å². The second-order valence-electron chi connectivity index (χ2n) is 4.74. The van der Waals surface area contributed by atoms with Gasteiger partial charge in [-0.05, 0) is 30.7 Å². The smallest absolute Gasteiger partial charge is 0.241 e. The summed E-state index contributed by atoms with van der Waals surface area (Å²) in [4.78, 5) is 8.55. The monoisotopic (exact) mass is 276 g/mol. The van der Waals surface area contributed by atoms with Crippen molar-refractivity contribution in [1.29, 1.82) is 0 Å². The zero-order valence-electron chi connectivity index (χ0n) is 11.4. The molecule has 1 aromatic carbocycles. The normalized spacial score (nSPS) is 11.1. The molecule has 0 aliphatic rings. The van der Waals surface area contributed by atoms with E-state index in [0.717, 1.165) is 16.8 Å². The Balaban J connectivity index is 1.74. The van der Waals surface area contributed by atoms with Crippen molar-refractivity contribution >= 4 is 5.78 Å². The molecule has 0 saturated carbocycles. The molecule has 0 amide bonds. The molecule has 0 radical (unpaired) electrons. The van der Waals surface area contributed by atoms with Gasteiger partial charge < -0.3 is 0 Å². The second kappa shape index (κ2) is 4.52. The zero-order chi connectivity index (χ0) is 14.2. The van der Waals surface area contributed by atoms with E-state index in [9.17, 15) is 0 Å². The fraction of sp³-hybridized carbons (Fsp3) is 0.0667. The van der Waals surface area contributed by atoms with Crippen LogP contribution in [-0.4, -0.2) is 29.4 Å². The van der Waals surface area contributed by atoms with Gasteiger partial charge in [0, 0.05) is 30.4 Å². The van der Waals surface area contributed by atoms with Gasteiger partial charge >= 0.3 is 0 Å². The molecule has 0 bridgehead atoms. The summed E-state index contributed by atoms with van der Waals surface area (Å²) in [6.45, 7) is 1.85. The van der Waals surface area contributed by atoms with Crippen LogP contribution < -0.4 is 0 Å². The van der Waals surface area contributed by atoms with Crippen LogP contribution in [0.2, 0.25) is 0 Å². The second-order valence-corrected chi connectivity index (χ2v) is 4.74. The van der Waals surface area contributed by atoms with Crippen molar-refractivity contribution < 1.29 is 0 Å². The first-order valence-corrected chi connectivity index (χ1v) is 6.59. The Morgan fingerprint density at radius 1 is 1.05 bits per heavy atom. The fourth-order valence-electron chi connectivity index (χ4n) is 2.26. The van der Waals surface area contributed by atoms with Crippen molar-refractivity contribution in [3.63, 3.8) is 0 Å². The van der Waals surface area contributed by atoms with Gasteiger partial charge in [0.25, 0.3) is 5.78 Å². The Bertz CT molecular complexity index is 890. The predicted molar refractivity (Wildman–Crippen MR) is 78.1 cm³/mol. The van der Waals surface area contributed by atoms with Crippen LogP contribution in [0, 0.1) is 6.92 Å². The molecule has 3 heterocycles. The Hall–Kier alpha value is -3.02. The van der Waals surface area contributed by atoms with Gasteiger partial charge in [-0.3, -0.25) is 0 Å². The average Bonchev–Trinajstić information content (AvgIpc) is 3.15. The number of hydrogen-bond donors (Lipinski definition) is 0. The van der Waals surface area contributed by atoms with E-state index in [1.807, 2.05) is 60.5 Å². The summed E-state index contributed by atoms with van der Waals surface area (Å²) >= 11 is 0. The molecule has 0 aliphatic heterocycles. The summed E-state index contributed by atoms with van der Waals surface area (Å²) in [6, 6.07) is 10.0. The van der Waals surface area contributed by atoms with Crippen LogP contribution in [0.5, 0.6) is 0 Å². The van der Waals surface area contributed by atoms with E-state index < -0.39 is 0 Å². The highest BCUT2D eigenvalue weighted by Gasteiger charge is 2.04. The Kier molecular flexibility index (Phi) is 2.53. The molecule has 6 heteroatoms. The minimum absolute atomic E-state index is 0.615. The van der Waals surface area contributed by atoms with E-state index in [4.69, 9.17) is 0 Å². The zero-order valence-corrected chi connectivity index (χ0v) is 11.4. The molecular weight excluding hydrogens is 264 g/mol. The molecule has 0 N–H and O–H groups in total. The molecule has 0 fully saturated rings. The number of nitrogens with zero attached hydrogens (tertiary/aromatic N) is 6. The quantitative estimate of drug-likeness (QED) is 0.563. The minimum atomic E-state index is 0.615. The van der Waals surface area contributed by atoms with Crippen LogP contribution in [-0.2, 0) is 0 Å². The largest absolute Gasteiger partial charge is 0.252 e. The lowest BCUT2D eigenvalue weighted by atomic mass is 10.1. The van der Waals surface area contributed by atoms with Gasteiger partial charge in [-0.15, -0.1) is 0 Å². The highest BCUT2D eigenvalue weighted by molar-refractivity contribution is 5.63. The number of rotatable bonds is 2. The maximum atomic E-state index is 4.32. The standard InChI is InChI=1S/C15H12N6/c1-11-18-15-16-9-13(10-21(15)19-11)12-3-5-14(6-4-12)20-8-2-7-17-20/h2-10H,1H3. The van der Waals surface area contributed by atoms with Gasteiger partial charge in [0.15, 0.2) is 0 Å². The highest BCUT2D eigenvalue weighted by Crippen LogP contribution is 2.20. The third-order valence-corrected chi connectivity index (χ3v) is 3.27. The summed E-state index contributed by atoms with van der Waals surface area (Å²) in [5, 5.41) is 8.50. The van der Waals surface area contributed by atoms with Crippen LogP contribution in [0.3, 0.4) is 0 Å². The van der Waals surface area contributed by atoms with E-state index >= 15 is 0 Å². The number of hydrogen-bond acceptors (Lipinski definition) is 4. The molecule has 3 aromatic heterocycles. The Morgan fingerprint density at radius 2 is 1.90 bits per heavy atom. The van der Waals surface area contributed by atoms with Crippen LogP contribution in [0.25, 0.3) is 22.6 Å². The van der Waals surface area contributed by atoms with E-state index in [0.29, 0.717) is 11.6 Å². The van der Waals surface area contributed by atoms with E-state index in [2.05, 4.69) is 20.2 Å². The van der Waals surface area contributed by atoms with Crippen LogP contribution in [0.4, 0.5) is 0 Å². The molecular formula is C15H12N6. The number of fused-ring (bicyclic) bond motifs is 1. The van der Waals surface area contributed by atoms with Crippen LogP contribution in [0.15, 0.2) is 55.1 Å². The summed E-state index contributed by atoms with van der Waals surface area (Å²) in [5.74, 6) is 1.33. The first kappa shape index (κ1) is 11.8. The lowest BCUT2D eigenvalue weighted by molar-refractivity contribution is 0.880. The topological polar surface area (TPSA) is 60.9 Å². The molecule has 0 unspecified atom stereocenters. The van der Waals surface area contributed by atoms with E-state index in [1.54, 1.807) is 10.7 Å². The van der Waals surface area contributed by atoms with Crippen molar-refractivity contribution in [2.24, 2.45) is 0 Å². The van der Waals surface area contributed by atoms with Gasteiger partial charge in [0.05, 0.1) is 5.69 Å². The number of benzene rings is 1. The van der Waals surface area contributed by atoms with Gasteiger partial charge in [0.1, 0.15) is 5.82 Å². The van der Waals surface area contributed by atoms with Crippen LogP contribution >= 0.6 is 0 Å². The maximum absolute atomic E-state index is 4.32.